The van der Waals surface area contributed by atoms with Crippen molar-refractivity contribution in [3.8, 4) is 0 Å². The fraction of sp³-hybridized carbons (Fsp3) is 0.647. The minimum atomic E-state index is -2.09. The third-order valence-corrected chi connectivity index (χ3v) is 5.18. The highest BCUT2D eigenvalue weighted by Crippen LogP contribution is 2.41. The van der Waals surface area contributed by atoms with E-state index in [2.05, 4.69) is 5.32 Å². The van der Waals surface area contributed by atoms with Crippen molar-refractivity contribution in [1.82, 2.24) is 10.2 Å². The van der Waals surface area contributed by atoms with Crippen LogP contribution in [0.4, 0.5) is 22.0 Å². The minimum absolute atomic E-state index is 0. The van der Waals surface area contributed by atoms with E-state index in [0.717, 1.165) is 32.1 Å². The van der Waals surface area contributed by atoms with E-state index in [9.17, 15) is 22.0 Å². The lowest BCUT2D eigenvalue weighted by atomic mass is 9.79. The first kappa shape index (κ1) is 20.4. The van der Waals surface area contributed by atoms with Crippen LogP contribution in [0.5, 0.6) is 0 Å². The summed E-state index contributed by atoms with van der Waals surface area (Å²) >= 11 is 0. The van der Waals surface area contributed by atoms with Crippen LogP contribution in [0.15, 0.2) is 0 Å². The monoisotopic (exact) mass is 384 g/mol. The van der Waals surface area contributed by atoms with Crippen molar-refractivity contribution in [3.63, 3.8) is 0 Å². The molecule has 0 aromatic heterocycles. The van der Waals surface area contributed by atoms with Crippen molar-refractivity contribution in [1.29, 1.82) is 0 Å². The second-order valence-corrected chi connectivity index (χ2v) is 6.61. The SMILES string of the molecule is Cl.Fc1c(F)c(F)c([C@H](C2CCCCC2)N2CCNCC2)c(F)c1F. The number of nitrogens with one attached hydrogen (secondary N) is 1. The minimum Gasteiger partial charge on any atom is -0.314 e. The first-order valence-electron chi connectivity index (χ1n) is 8.48. The van der Waals surface area contributed by atoms with E-state index in [4.69, 9.17) is 0 Å². The van der Waals surface area contributed by atoms with E-state index < -0.39 is 40.7 Å². The summed E-state index contributed by atoms with van der Waals surface area (Å²) < 4.78 is 69.6. The number of hydrogen-bond donors (Lipinski definition) is 1. The quantitative estimate of drug-likeness (QED) is 0.474. The van der Waals surface area contributed by atoms with Crippen LogP contribution in [0.2, 0.25) is 0 Å². The van der Waals surface area contributed by atoms with Crippen molar-refractivity contribution in [2.45, 2.75) is 38.1 Å². The lowest BCUT2D eigenvalue weighted by Crippen LogP contribution is -2.47. The molecule has 1 aromatic carbocycles. The van der Waals surface area contributed by atoms with Crippen LogP contribution in [0, 0.1) is 35.0 Å². The Kier molecular flexibility index (Phi) is 7.05. The molecule has 25 heavy (non-hydrogen) atoms. The smallest absolute Gasteiger partial charge is 0.200 e. The summed E-state index contributed by atoms with van der Waals surface area (Å²) in [5, 5.41) is 3.15. The van der Waals surface area contributed by atoms with Crippen molar-refractivity contribution in [3.05, 3.63) is 34.6 Å². The zero-order valence-corrected chi connectivity index (χ0v) is 14.6. The third-order valence-electron chi connectivity index (χ3n) is 5.18. The van der Waals surface area contributed by atoms with Gasteiger partial charge < -0.3 is 5.32 Å². The molecule has 3 rings (SSSR count). The first-order valence-corrected chi connectivity index (χ1v) is 8.48. The lowest BCUT2D eigenvalue weighted by molar-refractivity contribution is 0.0957. The van der Waals surface area contributed by atoms with Gasteiger partial charge in [0.2, 0.25) is 5.82 Å². The molecule has 0 unspecified atom stereocenters. The molecule has 1 heterocycles. The number of rotatable bonds is 3. The Bertz CT molecular complexity index is 554. The van der Waals surface area contributed by atoms with E-state index in [1.165, 1.54) is 0 Å². The number of nitrogens with zero attached hydrogens (tertiary/aromatic N) is 1. The zero-order valence-electron chi connectivity index (χ0n) is 13.8. The van der Waals surface area contributed by atoms with Gasteiger partial charge in [-0.05, 0) is 18.8 Å². The maximum Gasteiger partial charge on any atom is 0.200 e. The molecule has 2 aliphatic rings. The van der Waals surface area contributed by atoms with Gasteiger partial charge in [0.05, 0.1) is 0 Å². The molecule has 1 saturated heterocycles. The molecule has 1 aromatic rings. The molecular weight excluding hydrogens is 363 g/mol. The Hall–Kier alpha value is -0.920. The van der Waals surface area contributed by atoms with Crippen molar-refractivity contribution in [2.75, 3.05) is 26.2 Å². The predicted molar refractivity (Wildman–Crippen MR) is 87.2 cm³/mol. The topological polar surface area (TPSA) is 15.3 Å². The molecule has 1 N–H and O–H groups in total. The van der Waals surface area contributed by atoms with E-state index in [0.29, 0.717) is 26.2 Å². The van der Waals surface area contributed by atoms with Gasteiger partial charge in [0, 0.05) is 37.8 Å². The number of halogens is 6. The fourth-order valence-corrected chi connectivity index (χ4v) is 4.01. The Morgan fingerprint density at radius 3 is 1.76 bits per heavy atom. The van der Waals surface area contributed by atoms with Gasteiger partial charge in [0.15, 0.2) is 23.3 Å². The van der Waals surface area contributed by atoms with Gasteiger partial charge in [-0.15, -0.1) is 12.4 Å². The molecule has 2 fully saturated rings. The highest BCUT2D eigenvalue weighted by atomic mass is 35.5. The summed E-state index contributed by atoms with van der Waals surface area (Å²) in [6.45, 7) is 2.33. The van der Waals surface area contributed by atoms with Crippen LogP contribution in [0.1, 0.15) is 43.7 Å². The van der Waals surface area contributed by atoms with E-state index in [1.807, 2.05) is 4.90 Å². The fourth-order valence-electron chi connectivity index (χ4n) is 4.01. The van der Waals surface area contributed by atoms with Gasteiger partial charge in [0.1, 0.15) is 0 Å². The normalized spacial score (nSPS) is 21.0. The van der Waals surface area contributed by atoms with Crippen LogP contribution >= 0.6 is 12.4 Å². The first-order chi connectivity index (χ1) is 11.5. The highest BCUT2D eigenvalue weighted by molar-refractivity contribution is 5.85. The molecule has 0 amide bonds. The molecular formula is C17H22ClF5N2. The molecule has 142 valence electrons. The second-order valence-electron chi connectivity index (χ2n) is 6.61. The number of piperazine rings is 1. The van der Waals surface area contributed by atoms with Gasteiger partial charge in [-0.25, -0.2) is 22.0 Å². The maximum absolute atomic E-state index is 14.4. The lowest BCUT2D eigenvalue weighted by Gasteiger charge is -2.41. The van der Waals surface area contributed by atoms with E-state index in [-0.39, 0.29) is 18.3 Å². The third kappa shape index (κ3) is 3.93. The van der Waals surface area contributed by atoms with Gasteiger partial charge >= 0.3 is 0 Å². The standard InChI is InChI=1S/C17H21F5N2.ClH/c18-12-11(13(19)15(21)16(22)14(12)20)17(10-4-2-1-3-5-10)24-8-6-23-7-9-24;/h10,17,23H,1-9H2;1H/t17-;/m0./s1. The number of hydrogen-bond acceptors (Lipinski definition) is 2. The summed E-state index contributed by atoms with van der Waals surface area (Å²) in [5.41, 5.74) is -0.653. The van der Waals surface area contributed by atoms with Crippen LogP contribution in [-0.4, -0.2) is 31.1 Å². The average Bonchev–Trinajstić information content (AvgIpc) is 2.63. The summed E-state index contributed by atoms with van der Waals surface area (Å²) in [6, 6.07) is -0.767. The zero-order chi connectivity index (χ0) is 17.3. The summed E-state index contributed by atoms with van der Waals surface area (Å²) in [5.74, 6) is -9.23. The molecule has 1 aliphatic heterocycles. The summed E-state index contributed by atoms with van der Waals surface area (Å²) in [7, 11) is 0. The molecule has 0 spiro atoms. The summed E-state index contributed by atoms with van der Waals surface area (Å²) in [6.07, 6.45) is 4.37. The Balaban J connectivity index is 0.00000225. The molecule has 0 bridgehead atoms. The Morgan fingerprint density at radius 2 is 1.24 bits per heavy atom. The molecule has 0 radical (unpaired) electrons. The van der Waals surface area contributed by atoms with Crippen molar-refractivity contribution >= 4 is 12.4 Å². The summed E-state index contributed by atoms with van der Waals surface area (Å²) in [4.78, 5) is 1.87. The maximum atomic E-state index is 14.4. The van der Waals surface area contributed by atoms with Crippen molar-refractivity contribution < 1.29 is 22.0 Å². The molecule has 8 heteroatoms. The second kappa shape index (κ2) is 8.64. The highest BCUT2D eigenvalue weighted by Gasteiger charge is 2.38. The van der Waals surface area contributed by atoms with Crippen LogP contribution in [0.3, 0.4) is 0 Å². The Morgan fingerprint density at radius 1 is 0.760 bits per heavy atom. The van der Waals surface area contributed by atoms with E-state index in [1.54, 1.807) is 0 Å². The van der Waals surface area contributed by atoms with Gasteiger partial charge in [-0.2, -0.15) is 0 Å². The van der Waals surface area contributed by atoms with Gasteiger partial charge in [-0.3, -0.25) is 4.90 Å². The van der Waals surface area contributed by atoms with Crippen molar-refractivity contribution in [2.24, 2.45) is 5.92 Å². The van der Waals surface area contributed by atoms with Crippen LogP contribution < -0.4 is 5.32 Å². The van der Waals surface area contributed by atoms with Crippen LogP contribution in [-0.2, 0) is 0 Å². The van der Waals surface area contributed by atoms with Gasteiger partial charge in [0.25, 0.3) is 0 Å². The molecule has 1 saturated carbocycles. The molecule has 2 nitrogen and oxygen atoms in total. The molecule has 1 aliphatic carbocycles. The largest absolute Gasteiger partial charge is 0.314 e. The van der Waals surface area contributed by atoms with Gasteiger partial charge in [-0.1, -0.05) is 19.3 Å². The average molecular weight is 385 g/mol. The molecule has 1 atom stereocenters. The van der Waals surface area contributed by atoms with Crippen LogP contribution in [0.25, 0.3) is 0 Å². The predicted octanol–water partition coefficient (Wildman–Crippen LogP) is 4.33. The Labute approximate surface area is 150 Å². The number of benzene rings is 1. The van der Waals surface area contributed by atoms with E-state index >= 15 is 0 Å².